The van der Waals surface area contributed by atoms with Gasteiger partial charge in [0.25, 0.3) is 0 Å². The van der Waals surface area contributed by atoms with Crippen molar-refractivity contribution in [3.05, 3.63) is 33.9 Å². The number of rotatable bonds is 2. The molecule has 2 fully saturated rings. The lowest BCUT2D eigenvalue weighted by Gasteiger charge is -2.31. The summed E-state index contributed by atoms with van der Waals surface area (Å²) in [5.74, 6) is -1.03. The summed E-state index contributed by atoms with van der Waals surface area (Å²) < 4.78 is 22.9. The van der Waals surface area contributed by atoms with Crippen molar-refractivity contribution in [3.8, 4) is 5.75 Å². The molecular formula is C20H22FN3O4. The fraction of sp³-hybridized carbons (Fsp3) is 0.500. The van der Waals surface area contributed by atoms with Gasteiger partial charge in [0.05, 0.1) is 16.9 Å². The predicted octanol–water partition coefficient (Wildman–Crippen LogP) is 1.98. The van der Waals surface area contributed by atoms with Crippen LogP contribution in [-0.4, -0.2) is 47.9 Å². The molecule has 1 aromatic carbocycles. The number of nitrogens with one attached hydrogen (secondary N) is 1. The summed E-state index contributed by atoms with van der Waals surface area (Å²) in [6.45, 7) is 4.59. The molecule has 2 aromatic rings. The Bertz CT molecular complexity index is 1040. The van der Waals surface area contributed by atoms with Crippen LogP contribution in [0.15, 0.2) is 17.1 Å². The summed E-state index contributed by atoms with van der Waals surface area (Å²) in [6, 6.07) is 1.35. The second-order valence-electron chi connectivity index (χ2n) is 8.04. The third-order valence-electron chi connectivity index (χ3n) is 6.29. The summed E-state index contributed by atoms with van der Waals surface area (Å²) in [4.78, 5) is 26.2. The molecule has 148 valence electrons. The van der Waals surface area contributed by atoms with E-state index in [4.69, 9.17) is 4.74 Å². The lowest BCUT2D eigenvalue weighted by atomic mass is 9.94. The van der Waals surface area contributed by atoms with Crippen LogP contribution < -0.4 is 20.4 Å². The number of halogens is 1. The maximum absolute atomic E-state index is 15.2. The van der Waals surface area contributed by atoms with Crippen LogP contribution in [0.25, 0.3) is 10.9 Å². The van der Waals surface area contributed by atoms with Crippen molar-refractivity contribution < 1.29 is 19.0 Å². The number of hydrogen-bond acceptors (Lipinski definition) is 5. The van der Waals surface area contributed by atoms with Crippen molar-refractivity contribution >= 4 is 22.6 Å². The number of piperidine rings is 1. The molecule has 0 bridgehead atoms. The number of anilines is 1. The molecule has 1 unspecified atom stereocenters. The zero-order chi connectivity index (χ0) is 19.6. The zero-order valence-electron chi connectivity index (χ0n) is 15.6. The third-order valence-corrected chi connectivity index (χ3v) is 6.29. The molecule has 5 rings (SSSR count). The Morgan fingerprint density at radius 1 is 1.39 bits per heavy atom. The summed E-state index contributed by atoms with van der Waals surface area (Å²) in [7, 11) is 0. The number of benzene rings is 1. The van der Waals surface area contributed by atoms with Crippen molar-refractivity contribution in [2.75, 3.05) is 31.1 Å². The molecule has 3 aliphatic heterocycles. The highest BCUT2D eigenvalue weighted by Gasteiger charge is 2.38. The van der Waals surface area contributed by atoms with Crippen molar-refractivity contribution in [3.63, 3.8) is 0 Å². The van der Waals surface area contributed by atoms with Crippen LogP contribution in [0.4, 0.5) is 10.1 Å². The highest BCUT2D eigenvalue weighted by Crippen LogP contribution is 2.43. The number of aromatic nitrogens is 1. The molecule has 0 saturated carbocycles. The topological polar surface area (TPSA) is 83.8 Å². The predicted molar refractivity (Wildman–Crippen MR) is 102 cm³/mol. The molecule has 1 aromatic heterocycles. The number of pyridine rings is 1. The van der Waals surface area contributed by atoms with Gasteiger partial charge in [-0.05, 0) is 38.3 Å². The van der Waals surface area contributed by atoms with E-state index >= 15 is 4.39 Å². The molecule has 2 saturated heterocycles. The van der Waals surface area contributed by atoms with Crippen LogP contribution in [0.2, 0.25) is 0 Å². The lowest BCUT2D eigenvalue weighted by Crippen LogP contribution is -2.40. The molecule has 2 N–H and O–H groups in total. The van der Waals surface area contributed by atoms with E-state index in [1.54, 1.807) is 4.57 Å². The van der Waals surface area contributed by atoms with E-state index in [0.717, 1.165) is 25.9 Å². The van der Waals surface area contributed by atoms with Crippen LogP contribution in [-0.2, 0) is 0 Å². The van der Waals surface area contributed by atoms with Gasteiger partial charge in [-0.3, -0.25) is 4.79 Å². The van der Waals surface area contributed by atoms with Gasteiger partial charge in [0.15, 0.2) is 11.6 Å². The fourth-order valence-corrected chi connectivity index (χ4v) is 4.89. The molecule has 28 heavy (non-hydrogen) atoms. The van der Waals surface area contributed by atoms with Gasteiger partial charge in [-0.25, -0.2) is 9.18 Å². The monoisotopic (exact) mass is 387 g/mol. The van der Waals surface area contributed by atoms with Crippen molar-refractivity contribution in [2.45, 2.75) is 31.8 Å². The molecule has 0 radical (unpaired) electrons. The lowest BCUT2D eigenvalue weighted by molar-refractivity contribution is 0.0694. The first-order valence-electron chi connectivity index (χ1n) is 9.71. The Kier molecular flexibility index (Phi) is 3.87. The summed E-state index contributed by atoms with van der Waals surface area (Å²) in [5.41, 5.74) is -0.171. The van der Waals surface area contributed by atoms with E-state index in [1.165, 1.54) is 12.3 Å². The van der Waals surface area contributed by atoms with Gasteiger partial charge in [-0.1, -0.05) is 0 Å². The second kappa shape index (κ2) is 6.20. The Balaban J connectivity index is 1.73. The van der Waals surface area contributed by atoms with E-state index in [2.05, 4.69) is 5.32 Å². The van der Waals surface area contributed by atoms with E-state index < -0.39 is 17.2 Å². The zero-order valence-corrected chi connectivity index (χ0v) is 15.6. The number of hydrogen-bond donors (Lipinski definition) is 2. The Hall–Kier alpha value is -2.61. The molecule has 7 nitrogen and oxygen atoms in total. The van der Waals surface area contributed by atoms with Crippen molar-refractivity contribution in [2.24, 2.45) is 5.92 Å². The minimum atomic E-state index is -1.31. The van der Waals surface area contributed by atoms with E-state index in [1.807, 2.05) is 11.8 Å². The van der Waals surface area contributed by atoms with Gasteiger partial charge >= 0.3 is 5.97 Å². The Labute approximate surface area is 160 Å². The molecule has 3 atom stereocenters. The normalized spacial score (nSPS) is 26.2. The van der Waals surface area contributed by atoms with Gasteiger partial charge in [0.1, 0.15) is 17.9 Å². The van der Waals surface area contributed by atoms with Crippen LogP contribution in [0.3, 0.4) is 0 Å². The molecule has 3 aliphatic rings. The molecule has 8 heteroatoms. The van der Waals surface area contributed by atoms with E-state index in [0.29, 0.717) is 42.1 Å². The average Bonchev–Trinajstić information content (AvgIpc) is 3.09. The number of fused-ring (bicyclic) bond motifs is 1. The highest BCUT2D eigenvalue weighted by molar-refractivity contribution is 5.97. The standard InChI is InChI=1S/C20H22FN3O4/c1-10-9-28-19-16-12(18(25)13(20(26)27)7-24(10)16)5-14(21)17(19)23-6-11-3-2-4-22-15(11)8-23/h5,7,10-11,15,22H,2-4,6,8-9H2,1H3,(H,26,27)/t10?,11-,15+/m0/s1. The van der Waals surface area contributed by atoms with Crippen LogP contribution in [0.5, 0.6) is 5.75 Å². The first-order valence-corrected chi connectivity index (χ1v) is 9.71. The van der Waals surface area contributed by atoms with Crippen LogP contribution >= 0.6 is 0 Å². The van der Waals surface area contributed by atoms with E-state index in [-0.39, 0.29) is 17.0 Å². The molecule has 0 amide bonds. The van der Waals surface area contributed by atoms with Gasteiger partial charge < -0.3 is 24.6 Å². The van der Waals surface area contributed by atoms with Crippen molar-refractivity contribution in [1.82, 2.24) is 9.88 Å². The first kappa shape index (κ1) is 17.5. The van der Waals surface area contributed by atoms with Gasteiger partial charge in [-0.15, -0.1) is 0 Å². The third kappa shape index (κ3) is 2.44. The average molecular weight is 387 g/mol. The maximum atomic E-state index is 15.2. The molecular weight excluding hydrogens is 365 g/mol. The number of aromatic carboxylic acids is 1. The summed E-state index contributed by atoms with van der Waals surface area (Å²) >= 11 is 0. The number of nitrogens with zero attached hydrogens (tertiary/aromatic N) is 2. The Morgan fingerprint density at radius 2 is 2.21 bits per heavy atom. The summed E-state index contributed by atoms with van der Waals surface area (Å²) in [6.07, 6.45) is 3.59. The summed E-state index contributed by atoms with van der Waals surface area (Å²) in [5, 5.41) is 12.9. The van der Waals surface area contributed by atoms with Gasteiger partial charge in [-0.2, -0.15) is 0 Å². The maximum Gasteiger partial charge on any atom is 0.341 e. The fourth-order valence-electron chi connectivity index (χ4n) is 4.89. The molecule has 0 spiro atoms. The Morgan fingerprint density at radius 3 is 2.96 bits per heavy atom. The second-order valence-corrected chi connectivity index (χ2v) is 8.04. The number of carboxylic acid groups (broad SMARTS) is 1. The largest absolute Gasteiger partial charge is 0.487 e. The SMILES string of the molecule is CC1COc2c(N3C[C@@H]4CCCN[C@@H]4C3)c(F)cc3c(=O)c(C(=O)O)cn1c23. The first-order chi connectivity index (χ1) is 13.5. The van der Waals surface area contributed by atoms with Gasteiger partial charge in [0.2, 0.25) is 5.43 Å². The van der Waals surface area contributed by atoms with Crippen LogP contribution in [0.1, 0.15) is 36.2 Å². The minimum Gasteiger partial charge on any atom is -0.487 e. The molecule has 4 heterocycles. The van der Waals surface area contributed by atoms with Crippen LogP contribution in [0, 0.1) is 11.7 Å². The van der Waals surface area contributed by atoms with Gasteiger partial charge in [0, 0.05) is 25.3 Å². The number of carboxylic acids is 1. The number of ether oxygens (including phenoxy) is 1. The van der Waals surface area contributed by atoms with Crippen molar-refractivity contribution in [1.29, 1.82) is 0 Å². The molecule has 0 aliphatic carbocycles. The smallest absolute Gasteiger partial charge is 0.341 e. The quantitative estimate of drug-likeness (QED) is 0.820. The van der Waals surface area contributed by atoms with E-state index in [9.17, 15) is 14.7 Å². The minimum absolute atomic E-state index is 0.0532. The highest BCUT2D eigenvalue weighted by atomic mass is 19.1. The number of carbonyl (C=O) groups is 1.